The van der Waals surface area contributed by atoms with Gasteiger partial charge in [-0.1, -0.05) is 48.5 Å². The van der Waals surface area contributed by atoms with E-state index in [0.717, 1.165) is 39.0 Å². The Labute approximate surface area is 220 Å². The lowest BCUT2D eigenvalue weighted by Gasteiger charge is -2.26. The Hall–Kier alpha value is -4.78. The summed E-state index contributed by atoms with van der Waals surface area (Å²) < 4.78 is 10.8. The minimum absolute atomic E-state index is 0.0775. The maximum atomic E-state index is 13.7. The van der Waals surface area contributed by atoms with E-state index in [1.165, 1.54) is 0 Å². The number of H-pyrrole nitrogens is 1. The number of carbonyl (C=O) groups excluding carboxylic acids is 2. The second kappa shape index (κ2) is 9.94. The van der Waals surface area contributed by atoms with E-state index in [9.17, 15) is 9.59 Å². The Morgan fingerprint density at radius 1 is 1.03 bits per heavy atom. The number of furan rings is 1. The van der Waals surface area contributed by atoms with E-state index < -0.39 is 0 Å². The fraction of sp³-hybridized carbons (Fsp3) is 0.161. The molecule has 7 nitrogen and oxygen atoms in total. The quantitative estimate of drug-likeness (QED) is 0.284. The van der Waals surface area contributed by atoms with Crippen molar-refractivity contribution < 1.29 is 18.7 Å². The second-order valence-electron chi connectivity index (χ2n) is 9.29. The molecule has 2 N–H and O–H groups in total. The standard InChI is InChI=1S/C31H27N3O4/c1-37-21-9-6-8-20(18-21)29-28(25-13-4-5-14-26(25)33-29)30-23-11-2-3-12-24(23)31(36)34(30)16-15-27(35)32-19-22-10-7-17-38-22/h2-14,17-18,30,33H,15-16,19H2,1H3,(H,32,35)/t30-/m0/s1. The van der Waals surface area contributed by atoms with E-state index in [-0.39, 0.29) is 30.8 Å². The maximum absolute atomic E-state index is 13.7. The van der Waals surface area contributed by atoms with Crippen molar-refractivity contribution >= 4 is 22.7 Å². The van der Waals surface area contributed by atoms with Crippen LogP contribution in [0.25, 0.3) is 22.2 Å². The van der Waals surface area contributed by atoms with Gasteiger partial charge < -0.3 is 24.4 Å². The molecular formula is C31H27N3O4. The molecule has 3 heterocycles. The molecule has 2 aromatic heterocycles. The molecular weight excluding hydrogens is 478 g/mol. The normalized spacial score (nSPS) is 14.6. The number of benzene rings is 3. The van der Waals surface area contributed by atoms with Crippen LogP contribution < -0.4 is 10.1 Å². The van der Waals surface area contributed by atoms with Gasteiger partial charge in [0, 0.05) is 40.6 Å². The first-order chi connectivity index (χ1) is 18.6. The molecule has 5 aromatic rings. The van der Waals surface area contributed by atoms with Gasteiger partial charge >= 0.3 is 0 Å². The number of aromatic nitrogens is 1. The zero-order valence-corrected chi connectivity index (χ0v) is 20.9. The maximum Gasteiger partial charge on any atom is 0.255 e. The molecule has 0 saturated carbocycles. The molecule has 3 aromatic carbocycles. The number of methoxy groups -OCH3 is 1. The summed E-state index contributed by atoms with van der Waals surface area (Å²) in [6.45, 7) is 0.588. The first-order valence-electron chi connectivity index (χ1n) is 12.6. The van der Waals surface area contributed by atoms with Crippen LogP contribution in [0.15, 0.2) is 95.6 Å². The van der Waals surface area contributed by atoms with E-state index in [1.54, 1.807) is 19.4 Å². The van der Waals surface area contributed by atoms with Crippen molar-refractivity contribution in [1.82, 2.24) is 15.2 Å². The van der Waals surface area contributed by atoms with Gasteiger partial charge in [-0.05, 0) is 42.0 Å². The lowest BCUT2D eigenvalue weighted by atomic mass is 9.93. The highest BCUT2D eigenvalue weighted by molar-refractivity contribution is 6.02. The van der Waals surface area contributed by atoms with Crippen molar-refractivity contribution in [2.45, 2.75) is 19.0 Å². The second-order valence-corrected chi connectivity index (χ2v) is 9.29. The average Bonchev–Trinajstić information content (AvgIpc) is 3.68. The Bertz CT molecular complexity index is 1620. The Morgan fingerprint density at radius 2 is 1.87 bits per heavy atom. The predicted molar refractivity (Wildman–Crippen MR) is 145 cm³/mol. The lowest BCUT2D eigenvalue weighted by molar-refractivity contribution is -0.121. The van der Waals surface area contributed by atoms with Gasteiger partial charge in [0.2, 0.25) is 5.91 Å². The van der Waals surface area contributed by atoms with E-state index in [4.69, 9.17) is 9.15 Å². The molecule has 7 heteroatoms. The largest absolute Gasteiger partial charge is 0.497 e. The molecule has 0 bridgehead atoms. The summed E-state index contributed by atoms with van der Waals surface area (Å²) in [5, 5.41) is 3.92. The van der Waals surface area contributed by atoms with Gasteiger partial charge in [-0.2, -0.15) is 0 Å². The summed E-state index contributed by atoms with van der Waals surface area (Å²) in [5.41, 5.74) is 5.46. The molecule has 0 fully saturated rings. The van der Waals surface area contributed by atoms with Gasteiger partial charge in [0.15, 0.2) is 0 Å². The predicted octanol–water partition coefficient (Wildman–Crippen LogP) is 5.69. The van der Waals surface area contributed by atoms with Crippen molar-refractivity contribution in [2.24, 2.45) is 0 Å². The Balaban J connectivity index is 1.40. The van der Waals surface area contributed by atoms with Gasteiger partial charge in [0.05, 0.1) is 31.7 Å². The molecule has 190 valence electrons. The van der Waals surface area contributed by atoms with Crippen LogP contribution in [-0.4, -0.2) is 35.4 Å². The highest BCUT2D eigenvalue weighted by atomic mass is 16.5. The molecule has 2 amide bonds. The van der Waals surface area contributed by atoms with Crippen molar-refractivity contribution in [2.75, 3.05) is 13.7 Å². The van der Waals surface area contributed by atoms with Crippen LogP contribution in [0.3, 0.4) is 0 Å². The van der Waals surface area contributed by atoms with Gasteiger partial charge in [-0.3, -0.25) is 9.59 Å². The molecule has 0 saturated heterocycles. The first-order valence-corrected chi connectivity index (χ1v) is 12.6. The van der Waals surface area contributed by atoms with Gasteiger partial charge in [0.1, 0.15) is 11.5 Å². The highest BCUT2D eigenvalue weighted by Crippen LogP contribution is 2.45. The fourth-order valence-corrected chi connectivity index (χ4v) is 5.28. The van der Waals surface area contributed by atoms with Crippen LogP contribution in [0.5, 0.6) is 5.75 Å². The van der Waals surface area contributed by atoms with Crippen molar-refractivity contribution in [3.05, 3.63) is 114 Å². The zero-order valence-electron chi connectivity index (χ0n) is 20.9. The van der Waals surface area contributed by atoms with E-state index in [1.807, 2.05) is 77.7 Å². The van der Waals surface area contributed by atoms with Crippen LogP contribution in [0.2, 0.25) is 0 Å². The van der Waals surface area contributed by atoms with Crippen molar-refractivity contribution in [1.29, 1.82) is 0 Å². The number of hydrogen-bond donors (Lipinski definition) is 2. The third-order valence-electron chi connectivity index (χ3n) is 7.06. The summed E-state index contributed by atoms with van der Waals surface area (Å²) in [6, 6.07) is 27.0. The molecule has 1 atom stereocenters. The number of nitrogens with zero attached hydrogens (tertiary/aromatic N) is 1. The van der Waals surface area contributed by atoms with E-state index in [2.05, 4.69) is 16.4 Å². The molecule has 38 heavy (non-hydrogen) atoms. The molecule has 0 unspecified atom stereocenters. The molecule has 0 radical (unpaired) electrons. The van der Waals surface area contributed by atoms with Crippen LogP contribution in [0, 0.1) is 0 Å². The molecule has 1 aliphatic rings. The fourth-order valence-electron chi connectivity index (χ4n) is 5.28. The topological polar surface area (TPSA) is 87.6 Å². The third-order valence-corrected chi connectivity index (χ3v) is 7.06. The summed E-state index contributed by atoms with van der Waals surface area (Å²) in [7, 11) is 1.65. The van der Waals surface area contributed by atoms with Gasteiger partial charge in [-0.15, -0.1) is 0 Å². The molecule has 0 aliphatic carbocycles. The summed E-state index contributed by atoms with van der Waals surface area (Å²) in [4.78, 5) is 31.8. The molecule has 0 spiro atoms. The minimum Gasteiger partial charge on any atom is -0.497 e. The van der Waals surface area contributed by atoms with Gasteiger partial charge in [-0.25, -0.2) is 0 Å². The SMILES string of the molecule is COc1cccc(-c2[nH]c3ccccc3c2[C@@H]2c3ccccc3C(=O)N2CCC(=O)NCc2ccco2)c1. The smallest absolute Gasteiger partial charge is 0.255 e. The van der Waals surface area contributed by atoms with Crippen LogP contribution >= 0.6 is 0 Å². The van der Waals surface area contributed by atoms with E-state index in [0.29, 0.717) is 17.9 Å². The minimum atomic E-state index is -0.353. The highest BCUT2D eigenvalue weighted by Gasteiger charge is 2.40. The van der Waals surface area contributed by atoms with Gasteiger partial charge in [0.25, 0.3) is 5.91 Å². The zero-order chi connectivity index (χ0) is 26.1. The number of fused-ring (bicyclic) bond motifs is 2. The average molecular weight is 506 g/mol. The number of aromatic amines is 1. The molecule has 1 aliphatic heterocycles. The summed E-state index contributed by atoms with van der Waals surface area (Å²) in [5.74, 6) is 1.21. The summed E-state index contributed by atoms with van der Waals surface area (Å²) in [6.07, 6.45) is 1.75. The monoisotopic (exact) mass is 505 g/mol. The van der Waals surface area contributed by atoms with Crippen LogP contribution in [0.4, 0.5) is 0 Å². The third kappa shape index (κ3) is 4.22. The number of para-hydroxylation sites is 1. The number of nitrogens with one attached hydrogen (secondary N) is 2. The number of amides is 2. The number of hydrogen-bond acceptors (Lipinski definition) is 4. The van der Waals surface area contributed by atoms with Crippen LogP contribution in [0.1, 0.15) is 39.7 Å². The lowest BCUT2D eigenvalue weighted by Crippen LogP contribution is -2.33. The number of ether oxygens (including phenoxy) is 1. The Morgan fingerprint density at radius 3 is 2.71 bits per heavy atom. The Kier molecular flexibility index (Phi) is 6.17. The van der Waals surface area contributed by atoms with Crippen molar-refractivity contribution in [3.63, 3.8) is 0 Å². The number of carbonyl (C=O) groups is 2. The van der Waals surface area contributed by atoms with E-state index >= 15 is 0 Å². The van der Waals surface area contributed by atoms with Crippen molar-refractivity contribution in [3.8, 4) is 17.0 Å². The molecule has 6 rings (SSSR count). The number of rotatable bonds is 8. The summed E-state index contributed by atoms with van der Waals surface area (Å²) >= 11 is 0. The first kappa shape index (κ1) is 23.6. The van der Waals surface area contributed by atoms with Crippen LogP contribution in [-0.2, 0) is 11.3 Å².